The maximum Gasteiger partial charge on any atom is 0.331 e. The standard InChI is InChI=1S/C20H20ClN5O4S/c1-9-8-31-18(23-9)15-13-14(24(2)20(28)25(3)19(13)27)16-17(11-4-5-12(21)30-11)29-10(6-22)7-26(15)16/h4-5,8,10,17H,6-7,22H2,1-3H3. The van der Waals surface area contributed by atoms with Gasteiger partial charge in [-0.3, -0.25) is 13.9 Å². The van der Waals surface area contributed by atoms with E-state index in [1.54, 1.807) is 19.2 Å². The van der Waals surface area contributed by atoms with Gasteiger partial charge in [0, 0.05) is 31.7 Å². The van der Waals surface area contributed by atoms with Gasteiger partial charge in [0.2, 0.25) is 0 Å². The van der Waals surface area contributed by atoms with Gasteiger partial charge in [-0.1, -0.05) is 0 Å². The molecule has 9 nitrogen and oxygen atoms in total. The van der Waals surface area contributed by atoms with Crippen molar-refractivity contribution in [2.75, 3.05) is 6.54 Å². The Hall–Kier alpha value is -2.66. The summed E-state index contributed by atoms with van der Waals surface area (Å²) in [4.78, 5) is 30.8. The average molecular weight is 462 g/mol. The third-order valence-corrected chi connectivity index (χ3v) is 6.77. The second-order valence-corrected chi connectivity index (χ2v) is 8.81. The summed E-state index contributed by atoms with van der Waals surface area (Å²) in [5.74, 6) is 0.471. The van der Waals surface area contributed by atoms with Gasteiger partial charge in [-0.2, -0.15) is 0 Å². The van der Waals surface area contributed by atoms with Crippen LogP contribution in [0.2, 0.25) is 5.22 Å². The molecule has 0 saturated carbocycles. The van der Waals surface area contributed by atoms with Crippen molar-refractivity contribution in [1.29, 1.82) is 0 Å². The second kappa shape index (κ2) is 7.20. The van der Waals surface area contributed by atoms with Crippen molar-refractivity contribution in [3.05, 3.63) is 60.7 Å². The smallest absolute Gasteiger partial charge is 0.331 e. The highest BCUT2D eigenvalue weighted by molar-refractivity contribution is 7.13. The lowest BCUT2D eigenvalue weighted by Gasteiger charge is -2.31. The van der Waals surface area contributed by atoms with Crippen LogP contribution in [0.5, 0.6) is 0 Å². The lowest BCUT2D eigenvalue weighted by atomic mass is 10.1. The minimum absolute atomic E-state index is 0.219. The molecular weight excluding hydrogens is 442 g/mol. The van der Waals surface area contributed by atoms with Crippen LogP contribution in [0.25, 0.3) is 21.6 Å². The molecule has 162 valence electrons. The molecule has 0 fully saturated rings. The van der Waals surface area contributed by atoms with E-state index in [4.69, 9.17) is 26.5 Å². The molecule has 2 unspecified atom stereocenters. The van der Waals surface area contributed by atoms with Crippen LogP contribution in [0, 0.1) is 6.92 Å². The van der Waals surface area contributed by atoms with Crippen LogP contribution in [0.15, 0.2) is 31.5 Å². The Kier molecular flexibility index (Phi) is 4.70. The zero-order valence-corrected chi connectivity index (χ0v) is 18.7. The van der Waals surface area contributed by atoms with E-state index >= 15 is 0 Å². The van der Waals surface area contributed by atoms with Gasteiger partial charge in [0.25, 0.3) is 5.56 Å². The number of aryl methyl sites for hydroxylation is 2. The molecule has 0 aliphatic carbocycles. The van der Waals surface area contributed by atoms with E-state index in [0.29, 0.717) is 39.6 Å². The van der Waals surface area contributed by atoms with Gasteiger partial charge >= 0.3 is 5.69 Å². The number of nitrogens with two attached hydrogens (primary N) is 1. The molecule has 4 aromatic heterocycles. The van der Waals surface area contributed by atoms with E-state index in [1.807, 2.05) is 16.9 Å². The van der Waals surface area contributed by atoms with E-state index in [2.05, 4.69) is 4.98 Å². The second-order valence-electron chi connectivity index (χ2n) is 7.58. The number of thiazole rings is 1. The van der Waals surface area contributed by atoms with Crippen LogP contribution >= 0.6 is 22.9 Å². The molecule has 0 bridgehead atoms. The fraction of sp³-hybridized carbons (Fsp3) is 0.350. The number of rotatable bonds is 3. The Bertz CT molecular complexity index is 1440. The van der Waals surface area contributed by atoms with Crippen LogP contribution < -0.4 is 17.0 Å². The topological polar surface area (TPSA) is 110 Å². The number of aromatic nitrogens is 4. The summed E-state index contributed by atoms with van der Waals surface area (Å²) < 4.78 is 16.5. The Morgan fingerprint density at radius 1 is 1.29 bits per heavy atom. The lowest BCUT2D eigenvalue weighted by molar-refractivity contribution is -0.0289. The zero-order chi connectivity index (χ0) is 22.0. The summed E-state index contributed by atoms with van der Waals surface area (Å²) in [6.07, 6.45) is -1.02. The fourth-order valence-electron chi connectivity index (χ4n) is 4.19. The first kappa shape index (κ1) is 20.3. The molecule has 0 radical (unpaired) electrons. The van der Waals surface area contributed by atoms with E-state index in [9.17, 15) is 9.59 Å². The third-order valence-electron chi connectivity index (χ3n) is 5.60. The van der Waals surface area contributed by atoms with E-state index < -0.39 is 11.8 Å². The maximum absolute atomic E-state index is 13.3. The highest BCUT2D eigenvalue weighted by Gasteiger charge is 2.38. The molecule has 31 heavy (non-hydrogen) atoms. The number of hydrogen-bond donors (Lipinski definition) is 1. The van der Waals surface area contributed by atoms with Gasteiger partial charge in [-0.25, -0.2) is 9.78 Å². The highest BCUT2D eigenvalue weighted by Crippen LogP contribution is 2.43. The molecule has 1 aliphatic heterocycles. The molecule has 1 aliphatic rings. The molecule has 0 spiro atoms. The Labute approximate surface area is 185 Å². The van der Waals surface area contributed by atoms with Crippen LogP contribution in [-0.4, -0.2) is 31.3 Å². The minimum Gasteiger partial charge on any atom is -0.446 e. The predicted molar refractivity (Wildman–Crippen MR) is 118 cm³/mol. The van der Waals surface area contributed by atoms with Crippen LogP contribution in [0.1, 0.15) is 23.3 Å². The number of nitrogens with zero attached hydrogens (tertiary/aromatic N) is 4. The van der Waals surface area contributed by atoms with E-state index in [0.717, 1.165) is 10.3 Å². The maximum atomic E-state index is 13.3. The Morgan fingerprint density at radius 2 is 2.06 bits per heavy atom. The normalized spacial score (nSPS) is 18.6. The zero-order valence-electron chi connectivity index (χ0n) is 17.1. The lowest BCUT2D eigenvalue weighted by Crippen LogP contribution is -2.38. The van der Waals surface area contributed by atoms with Gasteiger partial charge in [0.05, 0.1) is 34.9 Å². The van der Waals surface area contributed by atoms with Gasteiger partial charge in [0.1, 0.15) is 10.8 Å². The van der Waals surface area contributed by atoms with Crippen molar-refractivity contribution in [3.63, 3.8) is 0 Å². The SMILES string of the molecule is Cc1csc(-c2c3c(=O)n(C)c(=O)n(C)c3c3n2CC(CN)OC3c2ccc(Cl)o2)n1. The quantitative estimate of drug-likeness (QED) is 0.500. The molecule has 11 heteroatoms. The Balaban J connectivity index is 1.96. The number of halogens is 1. The molecule has 2 atom stereocenters. The van der Waals surface area contributed by atoms with Crippen LogP contribution in [0.4, 0.5) is 0 Å². The number of ether oxygens (including phenoxy) is 1. The summed E-state index contributed by atoms with van der Waals surface area (Å²) in [7, 11) is 3.11. The van der Waals surface area contributed by atoms with E-state index in [1.165, 1.54) is 23.0 Å². The monoisotopic (exact) mass is 461 g/mol. The average Bonchev–Trinajstić information content (AvgIpc) is 3.46. The summed E-state index contributed by atoms with van der Waals surface area (Å²) in [5, 5.41) is 3.25. The van der Waals surface area contributed by atoms with Crippen molar-refractivity contribution < 1.29 is 9.15 Å². The summed E-state index contributed by atoms with van der Waals surface area (Å²) in [6.45, 7) is 2.58. The minimum atomic E-state index is -0.690. The van der Waals surface area contributed by atoms with Gasteiger partial charge < -0.3 is 19.5 Å². The molecular formula is C20H20ClN5O4S. The molecule has 0 saturated heterocycles. The highest BCUT2D eigenvalue weighted by atomic mass is 35.5. The summed E-state index contributed by atoms with van der Waals surface area (Å²) in [5.41, 5.74) is 7.80. The largest absolute Gasteiger partial charge is 0.446 e. The van der Waals surface area contributed by atoms with Gasteiger partial charge in [0.15, 0.2) is 11.3 Å². The van der Waals surface area contributed by atoms with E-state index in [-0.39, 0.29) is 23.4 Å². The Morgan fingerprint density at radius 3 is 2.68 bits per heavy atom. The van der Waals surface area contributed by atoms with Gasteiger partial charge in [-0.05, 0) is 30.7 Å². The molecule has 2 N–H and O–H groups in total. The first-order chi connectivity index (χ1) is 14.8. The molecule has 5 rings (SSSR count). The molecule has 0 aromatic carbocycles. The fourth-order valence-corrected chi connectivity index (χ4v) is 5.19. The number of hydrogen-bond acceptors (Lipinski definition) is 7. The van der Waals surface area contributed by atoms with Gasteiger partial charge in [-0.15, -0.1) is 11.3 Å². The van der Waals surface area contributed by atoms with Crippen molar-refractivity contribution in [2.45, 2.75) is 25.7 Å². The molecule has 0 amide bonds. The molecule has 5 heterocycles. The van der Waals surface area contributed by atoms with Crippen LogP contribution in [-0.2, 0) is 25.4 Å². The number of fused-ring (bicyclic) bond motifs is 3. The molecule has 4 aromatic rings. The van der Waals surface area contributed by atoms with Crippen LogP contribution in [0.3, 0.4) is 0 Å². The summed E-state index contributed by atoms with van der Waals surface area (Å²) in [6, 6.07) is 3.35. The van der Waals surface area contributed by atoms with Crippen molar-refractivity contribution in [1.82, 2.24) is 18.7 Å². The first-order valence-electron chi connectivity index (χ1n) is 9.67. The van der Waals surface area contributed by atoms with Crippen molar-refractivity contribution >= 4 is 33.8 Å². The third kappa shape index (κ3) is 2.93. The number of furan rings is 1. The van der Waals surface area contributed by atoms with Crippen molar-refractivity contribution in [2.24, 2.45) is 19.8 Å². The predicted octanol–water partition coefficient (Wildman–Crippen LogP) is 2.16. The summed E-state index contributed by atoms with van der Waals surface area (Å²) >= 11 is 7.48. The first-order valence-corrected chi connectivity index (χ1v) is 10.9. The van der Waals surface area contributed by atoms with Crippen molar-refractivity contribution in [3.8, 4) is 10.7 Å².